The number of carboxylic acid groups (broad SMARTS) is 3. The summed E-state index contributed by atoms with van der Waals surface area (Å²) in [6.07, 6.45) is -11.4. The number of para-hydroxylation sites is 1. The molecule has 9 N–H and O–H groups in total. The number of hydrogen-bond acceptors (Lipinski definition) is 9. The molecule has 298 valence electrons. The van der Waals surface area contributed by atoms with E-state index in [0.717, 1.165) is 43.6 Å². The van der Waals surface area contributed by atoms with E-state index in [2.05, 4.69) is 10.6 Å². The van der Waals surface area contributed by atoms with Crippen LogP contribution in [0.3, 0.4) is 0 Å². The van der Waals surface area contributed by atoms with Crippen LogP contribution in [0.15, 0.2) is 24.3 Å². The van der Waals surface area contributed by atoms with Gasteiger partial charge in [-0.2, -0.15) is 39.5 Å². The second kappa shape index (κ2) is 22.3. The van der Waals surface area contributed by atoms with Crippen molar-refractivity contribution in [3.8, 4) is 0 Å². The molecule has 24 heteroatoms. The van der Waals surface area contributed by atoms with Gasteiger partial charge < -0.3 is 41.9 Å². The topological polar surface area (TPSA) is 257 Å². The molecule has 2 heterocycles. The van der Waals surface area contributed by atoms with E-state index in [1.807, 2.05) is 24.3 Å². The van der Waals surface area contributed by atoms with Crippen LogP contribution in [0.4, 0.5) is 45.2 Å². The molecule has 0 aliphatic carbocycles. The maximum Gasteiger partial charge on any atom is 0.490 e. The van der Waals surface area contributed by atoms with E-state index in [0.29, 0.717) is 25.8 Å². The Hall–Kier alpha value is -4.71. The van der Waals surface area contributed by atoms with Crippen LogP contribution in [0.1, 0.15) is 37.7 Å². The molecule has 0 saturated carbocycles. The van der Waals surface area contributed by atoms with Gasteiger partial charge in [0, 0.05) is 18.0 Å². The molecule has 2 unspecified atom stereocenters. The van der Waals surface area contributed by atoms with Crippen molar-refractivity contribution in [2.75, 3.05) is 31.6 Å². The first-order chi connectivity index (χ1) is 23.4. The quantitative estimate of drug-likeness (QED) is 0.126. The van der Waals surface area contributed by atoms with Crippen molar-refractivity contribution in [2.45, 2.75) is 69.1 Å². The third kappa shape index (κ3) is 17.5. The summed E-state index contributed by atoms with van der Waals surface area (Å²) in [6, 6.07) is 6.23. The van der Waals surface area contributed by atoms with Crippen molar-refractivity contribution >= 4 is 41.4 Å². The van der Waals surface area contributed by atoms with Gasteiger partial charge in [0.1, 0.15) is 12.1 Å². The number of nitrogens with two attached hydrogens (primary N) is 1. The molecule has 15 nitrogen and oxygen atoms in total. The van der Waals surface area contributed by atoms with Crippen molar-refractivity contribution < 1.29 is 93.8 Å². The number of fused-ring (bicyclic) bond motifs is 1. The number of methoxy groups -OCH3 is 1. The fourth-order valence-electron chi connectivity index (χ4n) is 4.29. The molecule has 1 aromatic rings. The molecule has 0 bridgehead atoms. The normalized spacial score (nSPS) is 16.0. The third-order valence-electron chi connectivity index (χ3n) is 6.68. The van der Waals surface area contributed by atoms with Crippen LogP contribution in [0.25, 0.3) is 0 Å². The minimum absolute atomic E-state index is 0. The third-order valence-corrected chi connectivity index (χ3v) is 6.68. The number of piperidine rings is 1. The van der Waals surface area contributed by atoms with E-state index in [9.17, 15) is 53.9 Å². The Morgan fingerprint density at radius 1 is 0.865 bits per heavy atom. The first-order valence-corrected chi connectivity index (χ1v) is 14.5. The standard InChI is InChI=1S/C22H32N4O4.3C2HF3O2.H2O/c1-30-22(29)17(7-4-5-11-23)25-20(27)19-14-16-6-2-3-8-18(16)26(19)21(28)15-9-12-24-13-10-15;3*3-2(4,5)1(6)7;/h2-3,6,8,15,17,19,24H,4-5,7,9-14,23H2,1H3,(H,25,27);3*(H,6,7);1H2. The Kier molecular flexibility index (Phi) is 21.2. The second-order valence-corrected chi connectivity index (χ2v) is 10.4. The summed E-state index contributed by atoms with van der Waals surface area (Å²) in [5.41, 5.74) is 7.30. The number of carbonyl (C=O) groups is 6. The van der Waals surface area contributed by atoms with Crippen molar-refractivity contribution in [1.82, 2.24) is 10.6 Å². The number of halogens is 9. The van der Waals surface area contributed by atoms with Gasteiger partial charge >= 0.3 is 42.4 Å². The van der Waals surface area contributed by atoms with Gasteiger partial charge in [-0.25, -0.2) is 19.2 Å². The van der Waals surface area contributed by atoms with Crippen molar-refractivity contribution in [1.29, 1.82) is 0 Å². The highest BCUT2D eigenvalue weighted by Gasteiger charge is 2.42. The highest BCUT2D eigenvalue weighted by Crippen LogP contribution is 2.34. The number of rotatable bonds is 8. The molecule has 3 rings (SSSR count). The monoisotopic (exact) mass is 776 g/mol. The highest BCUT2D eigenvalue weighted by molar-refractivity contribution is 6.05. The molecule has 2 atom stereocenters. The number of anilines is 1. The highest BCUT2D eigenvalue weighted by atomic mass is 19.4. The van der Waals surface area contributed by atoms with E-state index >= 15 is 0 Å². The Bertz CT molecular complexity index is 1280. The fraction of sp³-hybridized carbons (Fsp3) is 0.571. The zero-order valence-corrected chi connectivity index (χ0v) is 27.0. The lowest BCUT2D eigenvalue weighted by Crippen LogP contribution is -2.54. The average molecular weight is 777 g/mol. The maximum atomic E-state index is 13.4. The first-order valence-electron chi connectivity index (χ1n) is 14.5. The van der Waals surface area contributed by atoms with Crippen LogP contribution in [0.5, 0.6) is 0 Å². The Labute approximate surface area is 288 Å². The van der Waals surface area contributed by atoms with Crippen LogP contribution in [0.2, 0.25) is 0 Å². The Morgan fingerprint density at radius 2 is 1.31 bits per heavy atom. The molecule has 52 heavy (non-hydrogen) atoms. The lowest BCUT2D eigenvalue weighted by atomic mass is 9.96. The molecule has 1 aromatic carbocycles. The number of amides is 2. The van der Waals surface area contributed by atoms with Crippen LogP contribution >= 0.6 is 0 Å². The SMILES string of the molecule is COC(=O)C(CCCCN)NC(=O)C1Cc2ccccc2N1C(=O)C1CCNCC1.O.O=C(O)C(F)(F)F.O=C(O)C(F)(F)F.O=C(O)C(F)(F)F. The lowest BCUT2D eigenvalue weighted by Gasteiger charge is -2.31. The van der Waals surface area contributed by atoms with Gasteiger partial charge in [-0.3, -0.25) is 14.5 Å². The summed E-state index contributed by atoms with van der Waals surface area (Å²) in [5.74, 6) is -9.19. The Balaban J connectivity index is 0. The fourth-order valence-corrected chi connectivity index (χ4v) is 4.29. The number of esters is 1. The van der Waals surface area contributed by atoms with E-state index in [-0.39, 0.29) is 23.2 Å². The molecule has 1 fully saturated rings. The van der Waals surface area contributed by atoms with Gasteiger partial charge in [0.25, 0.3) is 0 Å². The van der Waals surface area contributed by atoms with Crippen LogP contribution in [0, 0.1) is 5.92 Å². The predicted molar refractivity (Wildman–Crippen MR) is 159 cm³/mol. The molecule has 2 aliphatic heterocycles. The summed E-state index contributed by atoms with van der Waals surface area (Å²) in [5, 5.41) is 27.5. The van der Waals surface area contributed by atoms with Crippen LogP contribution < -0.4 is 21.3 Å². The zero-order chi connectivity index (χ0) is 39.7. The molecular weight excluding hydrogens is 739 g/mol. The summed E-state index contributed by atoms with van der Waals surface area (Å²) in [6.45, 7) is 2.13. The number of hydrogen-bond donors (Lipinski definition) is 6. The number of carbonyl (C=O) groups excluding carboxylic acids is 3. The molecule has 0 spiro atoms. The number of ether oxygens (including phenoxy) is 1. The number of alkyl halides is 9. The van der Waals surface area contributed by atoms with Gasteiger partial charge in [-0.05, 0) is 63.4 Å². The molecule has 2 amide bonds. The van der Waals surface area contributed by atoms with Gasteiger partial charge in [-0.15, -0.1) is 0 Å². The van der Waals surface area contributed by atoms with E-state index < -0.39 is 54.5 Å². The summed E-state index contributed by atoms with van der Waals surface area (Å²) < 4.78 is 100. The number of nitrogens with one attached hydrogen (secondary N) is 2. The zero-order valence-electron chi connectivity index (χ0n) is 27.0. The number of aliphatic carboxylic acids is 3. The van der Waals surface area contributed by atoms with Gasteiger partial charge in [0.15, 0.2) is 0 Å². The summed E-state index contributed by atoms with van der Waals surface area (Å²) >= 11 is 0. The van der Waals surface area contributed by atoms with E-state index in [1.165, 1.54) is 7.11 Å². The maximum absolute atomic E-state index is 13.4. The Morgan fingerprint density at radius 3 is 1.71 bits per heavy atom. The summed E-state index contributed by atoms with van der Waals surface area (Å²) in [4.78, 5) is 67.1. The minimum Gasteiger partial charge on any atom is -0.475 e. The largest absolute Gasteiger partial charge is 0.490 e. The van der Waals surface area contributed by atoms with Crippen LogP contribution in [-0.4, -0.2) is 114 Å². The van der Waals surface area contributed by atoms with Crippen molar-refractivity contribution in [3.05, 3.63) is 29.8 Å². The smallest absolute Gasteiger partial charge is 0.475 e. The second-order valence-electron chi connectivity index (χ2n) is 10.4. The number of nitrogens with zero attached hydrogens (tertiary/aromatic N) is 1. The number of unbranched alkanes of at least 4 members (excludes halogenated alkanes) is 1. The van der Waals surface area contributed by atoms with Crippen molar-refractivity contribution in [2.24, 2.45) is 11.7 Å². The molecule has 1 saturated heterocycles. The van der Waals surface area contributed by atoms with Crippen LogP contribution in [-0.2, 0) is 39.9 Å². The van der Waals surface area contributed by atoms with Gasteiger partial charge in [0.2, 0.25) is 11.8 Å². The minimum atomic E-state index is -5.08. The summed E-state index contributed by atoms with van der Waals surface area (Å²) in [7, 11) is 1.31. The number of benzene rings is 1. The van der Waals surface area contributed by atoms with E-state index in [4.69, 9.17) is 40.2 Å². The molecule has 2 aliphatic rings. The van der Waals surface area contributed by atoms with Crippen molar-refractivity contribution in [3.63, 3.8) is 0 Å². The lowest BCUT2D eigenvalue weighted by molar-refractivity contribution is -0.193. The average Bonchev–Trinajstić information content (AvgIpc) is 3.43. The molecule has 0 radical (unpaired) electrons. The predicted octanol–water partition coefficient (Wildman–Crippen LogP) is 1.81. The molecular formula is C28H37F9N4O11. The molecule has 0 aromatic heterocycles. The first kappa shape index (κ1) is 49.4. The van der Waals surface area contributed by atoms with E-state index in [1.54, 1.807) is 4.90 Å². The van der Waals surface area contributed by atoms with Gasteiger partial charge in [-0.1, -0.05) is 18.2 Å². The van der Waals surface area contributed by atoms with Gasteiger partial charge in [0.05, 0.1) is 7.11 Å². The number of carboxylic acids is 3.